The number of amides is 1. The molecule has 3 aromatic rings. The van der Waals surface area contributed by atoms with Gasteiger partial charge in [-0.1, -0.05) is 25.1 Å². The molecule has 4 rings (SSSR count). The maximum Gasteiger partial charge on any atom is 0.349 e. The summed E-state index contributed by atoms with van der Waals surface area (Å²) in [6.45, 7) is 5.75. The second kappa shape index (κ2) is 8.07. The summed E-state index contributed by atoms with van der Waals surface area (Å²) in [7, 11) is 0. The summed E-state index contributed by atoms with van der Waals surface area (Å²) in [6.07, 6.45) is 2.33. The van der Waals surface area contributed by atoms with Gasteiger partial charge in [0.1, 0.15) is 16.1 Å². The van der Waals surface area contributed by atoms with E-state index in [9.17, 15) is 14.4 Å². The van der Waals surface area contributed by atoms with Crippen molar-refractivity contribution in [3.8, 4) is 0 Å². The topological polar surface area (TPSA) is 85.6 Å². The summed E-state index contributed by atoms with van der Waals surface area (Å²) >= 11 is 1.39. The van der Waals surface area contributed by atoms with Gasteiger partial charge in [-0.25, -0.2) is 9.59 Å². The SMILES string of the molecule is CC1CCc2c(sc(NC(=O)c3cc4ccccc4oc3=O)c2C(=O)OC(C)C)C1. The third-order valence-electron chi connectivity index (χ3n) is 5.17. The minimum atomic E-state index is -0.715. The lowest BCUT2D eigenvalue weighted by atomic mass is 9.88. The number of carbonyl (C=O) groups excluding carboxylic acids is 2. The van der Waals surface area contributed by atoms with Crippen LogP contribution in [0.15, 0.2) is 39.5 Å². The predicted octanol–water partition coefficient (Wildman–Crippen LogP) is 4.80. The molecule has 30 heavy (non-hydrogen) atoms. The van der Waals surface area contributed by atoms with E-state index in [1.54, 1.807) is 38.1 Å². The molecule has 156 valence electrons. The van der Waals surface area contributed by atoms with Crippen LogP contribution in [0.4, 0.5) is 5.00 Å². The molecule has 0 saturated heterocycles. The lowest BCUT2D eigenvalue weighted by molar-refractivity contribution is 0.0378. The molecule has 1 unspecified atom stereocenters. The molecule has 1 aliphatic carbocycles. The Balaban J connectivity index is 1.72. The Morgan fingerprint density at radius 3 is 2.80 bits per heavy atom. The Bertz CT molecular complexity index is 1190. The number of anilines is 1. The summed E-state index contributed by atoms with van der Waals surface area (Å²) in [6, 6.07) is 8.52. The van der Waals surface area contributed by atoms with E-state index >= 15 is 0 Å². The van der Waals surface area contributed by atoms with Crippen molar-refractivity contribution in [2.45, 2.75) is 46.1 Å². The largest absolute Gasteiger partial charge is 0.459 e. The van der Waals surface area contributed by atoms with Crippen LogP contribution in [0.1, 0.15) is 58.3 Å². The molecule has 1 N–H and O–H groups in total. The Kier molecular flexibility index (Phi) is 5.47. The zero-order valence-corrected chi connectivity index (χ0v) is 17.9. The van der Waals surface area contributed by atoms with Gasteiger partial charge in [0.15, 0.2) is 0 Å². The van der Waals surface area contributed by atoms with Gasteiger partial charge in [-0.15, -0.1) is 11.3 Å². The number of nitrogens with one attached hydrogen (secondary N) is 1. The van der Waals surface area contributed by atoms with Crippen LogP contribution in [-0.2, 0) is 17.6 Å². The van der Waals surface area contributed by atoms with Gasteiger partial charge in [0.25, 0.3) is 5.91 Å². The average molecular weight is 426 g/mol. The fourth-order valence-corrected chi connectivity index (χ4v) is 5.11. The molecule has 1 aliphatic rings. The lowest BCUT2D eigenvalue weighted by Crippen LogP contribution is -2.22. The van der Waals surface area contributed by atoms with Crippen molar-refractivity contribution in [3.63, 3.8) is 0 Å². The third kappa shape index (κ3) is 3.89. The number of rotatable bonds is 4. The van der Waals surface area contributed by atoms with Crippen LogP contribution in [0, 0.1) is 5.92 Å². The van der Waals surface area contributed by atoms with Gasteiger partial charge in [-0.05, 0) is 56.7 Å². The molecular weight excluding hydrogens is 402 g/mol. The number of fused-ring (bicyclic) bond motifs is 2. The van der Waals surface area contributed by atoms with Crippen LogP contribution in [-0.4, -0.2) is 18.0 Å². The van der Waals surface area contributed by atoms with E-state index in [0.717, 1.165) is 29.7 Å². The molecule has 2 aromatic heterocycles. The van der Waals surface area contributed by atoms with Crippen molar-refractivity contribution < 1.29 is 18.7 Å². The highest BCUT2D eigenvalue weighted by Crippen LogP contribution is 2.40. The lowest BCUT2D eigenvalue weighted by Gasteiger charge is -2.18. The Hall–Kier alpha value is -2.93. The average Bonchev–Trinajstić information content (AvgIpc) is 3.03. The smallest absolute Gasteiger partial charge is 0.349 e. The van der Waals surface area contributed by atoms with Crippen LogP contribution in [0.5, 0.6) is 0 Å². The number of hydrogen-bond donors (Lipinski definition) is 1. The van der Waals surface area contributed by atoms with Crippen molar-refractivity contribution in [1.82, 2.24) is 0 Å². The summed E-state index contributed by atoms with van der Waals surface area (Å²) in [4.78, 5) is 39.2. The Morgan fingerprint density at radius 2 is 2.03 bits per heavy atom. The standard InChI is InChI=1S/C23H23NO5S/c1-12(2)28-23(27)19-15-9-8-13(3)10-18(15)30-21(19)24-20(25)16-11-14-6-4-5-7-17(14)29-22(16)26/h4-7,11-13H,8-10H2,1-3H3,(H,24,25). The fraction of sp³-hybridized carbons (Fsp3) is 0.348. The highest BCUT2D eigenvalue weighted by Gasteiger charge is 2.30. The molecule has 1 atom stereocenters. The maximum absolute atomic E-state index is 12.9. The van der Waals surface area contributed by atoms with E-state index in [0.29, 0.717) is 27.5 Å². The molecule has 0 radical (unpaired) electrons. The monoisotopic (exact) mass is 425 g/mol. The van der Waals surface area contributed by atoms with Crippen LogP contribution < -0.4 is 10.9 Å². The Labute approximate surface area is 177 Å². The van der Waals surface area contributed by atoms with E-state index in [2.05, 4.69) is 12.2 Å². The zero-order chi connectivity index (χ0) is 21.4. The number of thiophene rings is 1. The quantitative estimate of drug-likeness (QED) is 0.479. The predicted molar refractivity (Wildman–Crippen MR) is 116 cm³/mol. The zero-order valence-electron chi connectivity index (χ0n) is 17.1. The molecule has 0 spiro atoms. The first-order valence-electron chi connectivity index (χ1n) is 10.0. The maximum atomic E-state index is 12.9. The van der Waals surface area contributed by atoms with Crippen LogP contribution in [0.25, 0.3) is 11.0 Å². The summed E-state index contributed by atoms with van der Waals surface area (Å²) in [5, 5.41) is 3.86. The van der Waals surface area contributed by atoms with Gasteiger partial charge in [0.05, 0.1) is 11.7 Å². The van der Waals surface area contributed by atoms with Crippen molar-refractivity contribution in [2.75, 3.05) is 5.32 Å². The highest BCUT2D eigenvalue weighted by atomic mass is 32.1. The normalized spacial score (nSPS) is 15.8. The van der Waals surface area contributed by atoms with Crippen LogP contribution in [0.3, 0.4) is 0 Å². The number of esters is 1. The number of carbonyl (C=O) groups is 2. The highest BCUT2D eigenvalue weighted by molar-refractivity contribution is 7.17. The minimum absolute atomic E-state index is 0.100. The van der Waals surface area contributed by atoms with Gasteiger partial charge in [-0.3, -0.25) is 4.79 Å². The summed E-state index contributed by atoms with van der Waals surface area (Å²) in [5.74, 6) is -0.529. The molecular formula is C23H23NO5S. The van der Waals surface area contributed by atoms with Crippen molar-refractivity contribution >= 4 is 39.2 Å². The van der Waals surface area contributed by atoms with E-state index in [1.165, 1.54) is 17.4 Å². The van der Waals surface area contributed by atoms with Crippen molar-refractivity contribution in [2.24, 2.45) is 5.92 Å². The molecule has 0 bridgehead atoms. The molecule has 0 fully saturated rings. The van der Waals surface area contributed by atoms with E-state index < -0.39 is 17.5 Å². The summed E-state index contributed by atoms with van der Waals surface area (Å²) in [5.41, 5.74) is 0.962. The number of para-hydroxylation sites is 1. The summed E-state index contributed by atoms with van der Waals surface area (Å²) < 4.78 is 10.7. The first-order chi connectivity index (χ1) is 14.3. The van der Waals surface area contributed by atoms with E-state index in [1.807, 2.05) is 0 Å². The second-order valence-electron chi connectivity index (χ2n) is 7.95. The Morgan fingerprint density at radius 1 is 1.27 bits per heavy atom. The molecule has 6 nitrogen and oxygen atoms in total. The number of hydrogen-bond acceptors (Lipinski definition) is 6. The van der Waals surface area contributed by atoms with E-state index in [4.69, 9.17) is 9.15 Å². The fourth-order valence-electron chi connectivity index (χ4n) is 3.72. The first-order valence-corrected chi connectivity index (χ1v) is 10.8. The van der Waals surface area contributed by atoms with Gasteiger partial charge < -0.3 is 14.5 Å². The molecule has 1 amide bonds. The molecule has 1 aromatic carbocycles. The second-order valence-corrected chi connectivity index (χ2v) is 9.05. The minimum Gasteiger partial charge on any atom is -0.459 e. The van der Waals surface area contributed by atoms with Gasteiger partial charge in [-0.2, -0.15) is 0 Å². The third-order valence-corrected chi connectivity index (χ3v) is 6.34. The van der Waals surface area contributed by atoms with Crippen molar-refractivity contribution in [3.05, 3.63) is 62.3 Å². The van der Waals surface area contributed by atoms with Gasteiger partial charge in [0, 0.05) is 10.3 Å². The molecule has 7 heteroatoms. The molecule has 0 saturated carbocycles. The van der Waals surface area contributed by atoms with Gasteiger partial charge >= 0.3 is 11.6 Å². The molecule has 2 heterocycles. The van der Waals surface area contributed by atoms with Crippen molar-refractivity contribution in [1.29, 1.82) is 0 Å². The van der Waals surface area contributed by atoms with Crippen LogP contribution >= 0.6 is 11.3 Å². The first kappa shape index (κ1) is 20.3. The van der Waals surface area contributed by atoms with Crippen LogP contribution in [0.2, 0.25) is 0 Å². The van der Waals surface area contributed by atoms with E-state index in [-0.39, 0.29) is 11.7 Å². The number of benzene rings is 1. The number of ether oxygens (including phenoxy) is 1. The van der Waals surface area contributed by atoms with Gasteiger partial charge in [0.2, 0.25) is 0 Å². The molecule has 0 aliphatic heterocycles.